The number of hydrogen-bond donors (Lipinski definition) is 1. The number of amides is 3. The van der Waals surface area contributed by atoms with E-state index < -0.39 is 11.9 Å². The van der Waals surface area contributed by atoms with E-state index in [1.807, 2.05) is 4.90 Å². The van der Waals surface area contributed by atoms with Crippen molar-refractivity contribution >= 4 is 11.9 Å². The molecule has 2 N–H and O–H groups in total. The van der Waals surface area contributed by atoms with Crippen molar-refractivity contribution in [2.45, 2.75) is 44.7 Å². The minimum Gasteiger partial charge on any atom is -0.369 e. The molecule has 2 aliphatic heterocycles. The average Bonchev–Trinajstić information content (AvgIpc) is 3.17. The third kappa shape index (κ3) is 4.25. The topological polar surface area (TPSA) is 79.5 Å². The largest absolute Gasteiger partial charge is 0.433 e. The van der Waals surface area contributed by atoms with Gasteiger partial charge in [-0.1, -0.05) is 6.07 Å². The Bertz CT molecular complexity index is 795. The summed E-state index contributed by atoms with van der Waals surface area (Å²) in [5.41, 5.74) is 5.51. The van der Waals surface area contributed by atoms with E-state index in [1.165, 1.54) is 12.3 Å². The summed E-state index contributed by atoms with van der Waals surface area (Å²) in [6.45, 7) is 2.50. The molecule has 0 unspecified atom stereocenters. The number of carbonyl (C=O) groups excluding carboxylic acids is 2. The quantitative estimate of drug-likeness (QED) is 0.810. The zero-order chi connectivity index (χ0) is 21.5. The highest BCUT2D eigenvalue weighted by atomic mass is 19.4. The van der Waals surface area contributed by atoms with Crippen molar-refractivity contribution in [2.24, 2.45) is 23.0 Å². The van der Waals surface area contributed by atoms with Crippen LogP contribution >= 0.6 is 0 Å². The summed E-state index contributed by atoms with van der Waals surface area (Å²) in [5.74, 6) is -0.139. The van der Waals surface area contributed by atoms with E-state index in [9.17, 15) is 22.8 Å². The standard InChI is InChI=1S/C21H27F3N4O2/c22-21(23,24)17-2-1-15(10-26-17)9-14-3-6-20(7-4-14)12-28(13-20)19(30)27-8-5-16(11-27)18(25)29/h1-2,10,14,16H,3-9,11-13H2,(H2,25,29)/t16-/m0/s1. The molecule has 3 amide bonds. The Hall–Kier alpha value is -2.32. The number of halogens is 3. The number of nitrogens with zero attached hydrogens (tertiary/aromatic N) is 3. The summed E-state index contributed by atoms with van der Waals surface area (Å²) in [4.78, 5) is 31.1. The number of alkyl halides is 3. The van der Waals surface area contributed by atoms with Gasteiger partial charge >= 0.3 is 12.2 Å². The number of aromatic nitrogens is 1. The van der Waals surface area contributed by atoms with Gasteiger partial charge in [0.1, 0.15) is 5.69 Å². The fourth-order valence-corrected chi connectivity index (χ4v) is 5.12. The summed E-state index contributed by atoms with van der Waals surface area (Å²) in [5, 5.41) is 0. The highest BCUT2D eigenvalue weighted by Crippen LogP contribution is 2.46. The molecule has 0 aromatic carbocycles. The first-order valence-corrected chi connectivity index (χ1v) is 10.5. The van der Waals surface area contributed by atoms with E-state index >= 15 is 0 Å². The van der Waals surface area contributed by atoms with Crippen molar-refractivity contribution < 1.29 is 22.8 Å². The molecule has 1 atom stereocenters. The number of pyridine rings is 1. The Morgan fingerprint density at radius 1 is 1.13 bits per heavy atom. The minimum absolute atomic E-state index is 0.00215. The first kappa shape index (κ1) is 20.9. The van der Waals surface area contributed by atoms with Crippen LogP contribution in [-0.2, 0) is 17.4 Å². The second kappa shape index (κ2) is 7.74. The first-order chi connectivity index (χ1) is 14.2. The van der Waals surface area contributed by atoms with E-state index in [2.05, 4.69) is 4.98 Å². The predicted molar refractivity (Wildman–Crippen MR) is 103 cm³/mol. The van der Waals surface area contributed by atoms with Crippen molar-refractivity contribution in [2.75, 3.05) is 26.2 Å². The van der Waals surface area contributed by atoms with Crippen LogP contribution in [0, 0.1) is 17.3 Å². The number of nitrogens with two attached hydrogens (primary N) is 1. The molecule has 9 heteroatoms. The third-order valence-corrected chi connectivity index (χ3v) is 6.99. The SMILES string of the molecule is NC(=O)[C@H]1CCN(C(=O)N2CC3(CCC(Cc4ccc(C(F)(F)F)nc4)CC3)C2)C1. The summed E-state index contributed by atoms with van der Waals surface area (Å²) in [6, 6.07) is 2.58. The Morgan fingerprint density at radius 3 is 2.37 bits per heavy atom. The smallest absolute Gasteiger partial charge is 0.369 e. The van der Waals surface area contributed by atoms with Crippen LogP contribution in [0.5, 0.6) is 0 Å². The Labute approximate surface area is 173 Å². The van der Waals surface area contributed by atoms with Crippen LogP contribution in [-0.4, -0.2) is 52.9 Å². The van der Waals surface area contributed by atoms with Gasteiger partial charge in [-0.2, -0.15) is 13.2 Å². The molecule has 164 valence electrons. The molecule has 4 rings (SSSR count). The van der Waals surface area contributed by atoms with Crippen LogP contribution in [0.4, 0.5) is 18.0 Å². The second-order valence-electron chi connectivity index (χ2n) is 9.17. The Balaban J connectivity index is 1.23. The molecule has 1 aromatic heterocycles. The summed E-state index contributed by atoms with van der Waals surface area (Å²) in [6.07, 6.45) is 2.39. The molecule has 1 spiro atoms. The normalized spacial score (nSPS) is 24.2. The average molecular weight is 424 g/mol. The van der Waals surface area contributed by atoms with E-state index in [0.29, 0.717) is 25.4 Å². The molecule has 1 aromatic rings. The van der Waals surface area contributed by atoms with Gasteiger partial charge in [0.15, 0.2) is 0 Å². The van der Waals surface area contributed by atoms with Gasteiger partial charge in [0.2, 0.25) is 5.91 Å². The lowest BCUT2D eigenvalue weighted by molar-refractivity contribution is -0.141. The Kier molecular flexibility index (Phi) is 5.40. The van der Waals surface area contributed by atoms with E-state index in [1.54, 1.807) is 4.90 Å². The molecule has 6 nitrogen and oxygen atoms in total. The molecule has 1 aliphatic carbocycles. The highest BCUT2D eigenvalue weighted by molar-refractivity contribution is 5.80. The van der Waals surface area contributed by atoms with Crippen molar-refractivity contribution in [1.82, 2.24) is 14.8 Å². The maximum Gasteiger partial charge on any atom is 0.433 e. The van der Waals surface area contributed by atoms with Crippen molar-refractivity contribution in [3.8, 4) is 0 Å². The number of likely N-dealkylation sites (tertiary alicyclic amines) is 2. The molecular formula is C21H27F3N4O2. The van der Waals surface area contributed by atoms with Crippen LogP contribution in [0.3, 0.4) is 0 Å². The van der Waals surface area contributed by atoms with Crippen molar-refractivity contribution in [1.29, 1.82) is 0 Å². The molecule has 0 bridgehead atoms. The van der Waals surface area contributed by atoms with Crippen LogP contribution in [0.25, 0.3) is 0 Å². The van der Waals surface area contributed by atoms with Gasteiger partial charge in [0, 0.05) is 37.8 Å². The number of rotatable bonds is 3. The maximum atomic E-state index is 12.6. The summed E-state index contributed by atoms with van der Waals surface area (Å²) < 4.78 is 37.9. The minimum atomic E-state index is -4.40. The monoisotopic (exact) mass is 424 g/mol. The molecule has 3 aliphatic rings. The number of hydrogen-bond acceptors (Lipinski definition) is 3. The molecular weight excluding hydrogens is 397 g/mol. The fourth-order valence-electron chi connectivity index (χ4n) is 5.12. The highest BCUT2D eigenvalue weighted by Gasteiger charge is 2.48. The first-order valence-electron chi connectivity index (χ1n) is 10.5. The summed E-state index contributed by atoms with van der Waals surface area (Å²) >= 11 is 0. The van der Waals surface area contributed by atoms with Crippen LogP contribution in [0.1, 0.15) is 43.4 Å². The molecule has 30 heavy (non-hydrogen) atoms. The van der Waals surface area contributed by atoms with Crippen LogP contribution in [0.15, 0.2) is 18.3 Å². The molecule has 3 heterocycles. The van der Waals surface area contributed by atoms with Gasteiger partial charge < -0.3 is 15.5 Å². The molecule has 2 saturated heterocycles. The van der Waals surface area contributed by atoms with Crippen molar-refractivity contribution in [3.05, 3.63) is 29.6 Å². The maximum absolute atomic E-state index is 12.6. The molecule has 1 saturated carbocycles. The number of carbonyl (C=O) groups is 2. The fraction of sp³-hybridized carbons (Fsp3) is 0.667. The molecule has 0 radical (unpaired) electrons. The van der Waals surface area contributed by atoms with Gasteiger partial charge in [0.05, 0.1) is 5.92 Å². The van der Waals surface area contributed by atoms with Gasteiger partial charge in [0.25, 0.3) is 0 Å². The third-order valence-electron chi connectivity index (χ3n) is 6.99. The summed E-state index contributed by atoms with van der Waals surface area (Å²) in [7, 11) is 0. The lowest BCUT2D eigenvalue weighted by atomic mass is 9.65. The van der Waals surface area contributed by atoms with Crippen LogP contribution in [0.2, 0.25) is 0 Å². The lowest BCUT2D eigenvalue weighted by Gasteiger charge is -2.54. The van der Waals surface area contributed by atoms with E-state index in [0.717, 1.165) is 56.8 Å². The van der Waals surface area contributed by atoms with Crippen LogP contribution < -0.4 is 5.73 Å². The number of urea groups is 1. The lowest BCUT2D eigenvalue weighted by Crippen LogP contribution is -2.62. The van der Waals surface area contributed by atoms with E-state index in [-0.39, 0.29) is 23.3 Å². The second-order valence-corrected chi connectivity index (χ2v) is 9.17. The Morgan fingerprint density at radius 2 is 1.83 bits per heavy atom. The van der Waals surface area contributed by atoms with Gasteiger partial charge in [-0.25, -0.2) is 4.79 Å². The zero-order valence-electron chi connectivity index (χ0n) is 16.8. The predicted octanol–water partition coefficient (Wildman–Crippen LogP) is 3.06. The number of primary amides is 1. The zero-order valence-corrected chi connectivity index (χ0v) is 16.8. The van der Waals surface area contributed by atoms with Gasteiger partial charge in [-0.15, -0.1) is 0 Å². The van der Waals surface area contributed by atoms with Gasteiger partial charge in [-0.05, 0) is 56.1 Å². The van der Waals surface area contributed by atoms with E-state index in [4.69, 9.17) is 5.73 Å². The van der Waals surface area contributed by atoms with Crippen molar-refractivity contribution in [3.63, 3.8) is 0 Å². The molecule has 3 fully saturated rings. The van der Waals surface area contributed by atoms with Gasteiger partial charge in [-0.3, -0.25) is 9.78 Å².